The van der Waals surface area contributed by atoms with E-state index in [1.54, 1.807) is 24.4 Å². The number of fused-ring (bicyclic) bond motifs is 2. The summed E-state index contributed by atoms with van der Waals surface area (Å²) in [6, 6.07) is 26.1. The van der Waals surface area contributed by atoms with Gasteiger partial charge in [0, 0.05) is 23.5 Å². The van der Waals surface area contributed by atoms with Gasteiger partial charge < -0.3 is 14.8 Å². The summed E-state index contributed by atoms with van der Waals surface area (Å²) in [6.45, 7) is 0.426. The number of hydrogen-bond acceptors (Lipinski definition) is 4. The fraction of sp³-hybridized carbons (Fsp3) is 0.107. The van der Waals surface area contributed by atoms with Crippen molar-refractivity contribution in [2.24, 2.45) is 0 Å². The summed E-state index contributed by atoms with van der Waals surface area (Å²) in [6.07, 6.45) is 1.72. The lowest BCUT2D eigenvalue weighted by molar-refractivity contribution is -0.138. The first-order valence-electron chi connectivity index (χ1n) is 11.4. The minimum Gasteiger partial charge on any atom is -0.489 e. The van der Waals surface area contributed by atoms with Crippen molar-refractivity contribution < 1.29 is 23.1 Å². The minimum atomic E-state index is -4.08. The highest BCUT2D eigenvalue weighted by molar-refractivity contribution is 7.89. The number of ether oxygens (including phenoxy) is 1. The summed E-state index contributed by atoms with van der Waals surface area (Å²) in [5.74, 6) is -0.574. The average Bonchev–Trinajstić information content (AvgIpc) is 3.30. The van der Waals surface area contributed by atoms with Gasteiger partial charge in [-0.3, -0.25) is 4.79 Å². The fourth-order valence-corrected chi connectivity index (χ4v) is 5.38. The molecule has 0 amide bonds. The Balaban J connectivity index is 1.34. The Morgan fingerprint density at radius 2 is 1.64 bits per heavy atom. The van der Waals surface area contributed by atoms with Crippen molar-refractivity contribution in [1.29, 1.82) is 0 Å². The number of rotatable bonds is 9. The molecule has 0 spiro atoms. The van der Waals surface area contributed by atoms with Gasteiger partial charge in [0.1, 0.15) is 18.4 Å². The number of aromatic nitrogens is 1. The second-order valence-electron chi connectivity index (χ2n) is 8.52. The molecular formula is C28H24N2O5S. The maximum absolute atomic E-state index is 13.1. The summed E-state index contributed by atoms with van der Waals surface area (Å²) < 4.78 is 34.4. The summed E-state index contributed by atoms with van der Waals surface area (Å²) in [5, 5.41) is 12.1. The van der Waals surface area contributed by atoms with Crippen molar-refractivity contribution in [2.45, 2.75) is 24.0 Å². The number of benzene rings is 4. The maximum Gasteiger partial charge on any atom is 0.322 e. The molecule has 7 nitrogen and oxygen atoms in total. The first kappa shape index (κ1) is 23.6. The first-order chi connectivity index (χ1) is 17.4. The van der Waals surface area contributed by atoms with E-state index < -0.39 is 22.0 Å². The number of sulfonamides is 1. The Labute approximate surface area is 208 Å². The average molecular weight is 501 g/mol. The molecule has 1 aromatic heterocycles. The van der Waals surface area contributed by atoms with Crippen LogP contribution in [0.3, 0.4) is 0 Å². The number of aromatic amines is 1. The van der Waals surface area contributed by atoms with E-state index in [9.17, 15) is 18.3 Å². The molecule has 0 aliphatic carbocycles. The highest BCUT2D eigenvalue weighted by Gasteiger charge is 2.26. The van der Waals surface area contributed by atoms with Gasteiger partial charge in [0.25, 0.3) is 0 Å². The normalized spacial score (nSPS) is 12.6. The molecule has 0 radical (unpaired) electrons. The van der Waals surface area contributed by atoms with E-state index in [4.69, 9.17) is 4.74 Å². The minimum absolute atomic E-state index is 0.00173. The van der Waals surface area contributed by atoms with E-state index >= 15 is 0 Å². The molecule has 3 N–H and O–H groups in total. The molecule has 1 heterocycles. The van der Waals surface area contributed by atoms with Gasteiger partial charge >= 0.3 is 5.97 Å². The molecule has 8 heteroatoms. The zero-order valence-corrected chi connectivity index (χ0v) is 20.0. The SMILES string of the molecule is O=C(O)[C@H](Cc1c[nH]c2ccccc12)NS(=O)(=O)c1ccc2cc(OCc3ccccc3)ccc2c1. The van der Waals surface area contributed by atoms with Crippen molar-refractivity contribution in [3.8, 4) is 5.75 Å². The molecule has 0 aliphatic rings. The van der Waals surface area contributed by atoms with E-state index in [1.165, 1.54) is 12.1 Å². The van der Waals surface area contributed by atoms with Gasteiger partial charge in [-0.15, -0.1) is 0 Å². The second-order valence-corrected chi connectivity index (χ2v) is 10.2. The van der Waals surface area contributed by atoms with E-state index in [0.717, 1.165) is 27.4 Å². The zero-order chi connectivity index (χ0) is 25.1. The highest BCUT2D eigenvalue weighted by atomic mass is 32.2. The maximum atomic E-state index is 13.1. The zero-order valence-electron chi connectivity index (χ0n) is 19.2. The number of hydrogen-bond donors (Lipinski definition) is 3. The number of carboxylic acid groups (broad SMARTS) is 1. The Hall–Kier alpha value is -4.14. The topological polar surface area (TPSA) is 108 Å². The molecule has 4 aromatic carbocycles. The van der Waals surface area contributed by atoms with Gasteiger partial charge in [0.15, 0.2) is 0 Å². The molecule has 36 heavy (non-hydrogen) atoms. The number of nitrogens with one attached hydrogen (secondary N) is 2. The summed E-state index contributed by atoms with van der Waals surface area (Å²) in [5.41, 5.74) is 2.63. The predicted octanol–water partition coefficient (Wildman–Crippen LogP) is 4.87. The lowest BCUT2D eigenvalue weighted by atomic mass is 10.1. The fourth-order valence-electron chi connectivity index (χ4n) is 4.15. The van der Waals surface area contributed by atoms with Gasteiger partial charge in [-0.25, -0.2) is 8.42 Å². The first-order valence-corrected chi connectivity index (χ1v) is 12.9. The summed E-state index contributed by atoms with van der Waals surface area (Å²) >= 11 is 0. The van der Waals surface area contributed by atoms with E-state index in [0.29, 0.717) is 17.7 Å². The molecule has 0 fully saturated rings. The summed E-state index contributed by atoms with van der Waals surface area (Å²) in [7, 11) is -4.08. The van der Waals surface area contributed by atoms with Crippen LogP contribution in [0.4, 0.5) is 0 Å². The van der Waals surface area contributed by atoms with Crippen LogP contribution in [0.15, 0.2) is 102 Å². The van der Waals surface area contributed by atoms with E-state index in [-0.39, 0.29) is 11.3 Å². The van der Waals surface area contributed by atoms with Crippen LogP contribution in [0.5, 0.6) is 5.75 Å². The largest absolute Gasteiger partial charge is 0.489 e. The Bertz CT molecular complexity index is 1650. The number of carbonyl (C=O) groups is 1. The number of carboxylic acids is 1. The lowest BCUT2D eigenvalue weighted by Crippen LogP contribution is -2.42. The van der Waals surface area contributed by atoms with Gasteiger partial charge in [-0.05, 0) is 52.2 Å². The van der Waals surface area contributed by atoms with E-state index in [2.05, 4.69) is 9.71 Å². The van der Waals surface area contributed by atoms with Crippen LogP contribution >= 0.6 is 0 Å². The van der Waals surface area contributed by atoms with Crippen LogP contribution in [0.25, 0.3) is 21.7 Å². The van der Waals surface area contributed by atoms with Crippen molar-refractivity contribution in [1.82, 2.24) is 9.71 Å². The molecule has 1 atom stereocenters. The number of H-pyrrole nitrogens is 1. The number of aliphatic carboxylic acids is 1. The van der Waals surface area contributed by atoms with Crippen LogP contribution in [0, 0.1) is 0 Å². The van der Waals surface area contributed by atoms with Crippen molar-refractivity contribution in [3.63, 3.8) is 0 Å². The van der Waals surface area contributed by atoms with Crippen LogP contribution in [-0.2, 0) is 27.8 Å². The third kappa shape index (κ3) is 5.10. The number of para-hydroxylation sites is 1. The Kier molecular flexibility index (Phi) is 6.45. The monoisotopic (exact) mass is 500 g/mol. The van der Waals surface area contributed by atoms with Gasteiger partial charge in [-0.2, -0.15) is 4.72 Å². The Morgan fingerprint density at radius 1 is 0.917 bits per heavy atom. The molecule has 0 aliphatic heterocycles. The van der Waals surface area contributed by atoms with Gasteiger partial charge in [0.2, 0.25) is 10.0 Å². The molecule has 0 bridgehead atoms. The Morgan fingerprint density at radius 3 is 2.44 bits per heavy atom. The van der Waals surface area contributed by atoms with Crippen LogP contribution in [-0.4, -0.2) is 30.5 Å². The van der Waals surface area contributed by atoms with Crippen molar-refractivity contribution >= 4 is 37.7 Å². The highest BCUT2D eigenvalue weighted by Crippen LogP contribution is 2.25. The molecule has 0 saturated heterocycles. The van der Waals surface area contributed by atoms with Crippen LogP contribution in [0.1, 0.15) is 11.1 Å². The molecular weight excluding hydrogens is 476 g/mol. The standard InChI is InChI=1S/C28H24N2O5S/c31-28(32)27(16-22-17-29-26-9-5-4-8-25(22)26)30-36(33,34)24-13-11-20-14-23(12-10-21(20)15-24)35-18-19-6-2-1-3-7-19/h1-15,17,27,29-30H,16,18H2,(H,31,32)/t27-/m0/s1. The molecule has 0 saturated carbocycles. The molecule has 5 aromatic rings. The van der Waals surface area contributed by atoms with Gasteiger partial charge in [0.05, 0.1) is 4.90 Å². The third-order valence-electron chi connectivity index (χ3n) is 6.04. The third-order valence-corrected chi connectivity index (χ3v) is 7.51. The second kappa shape index (κ2) is 9.85. The quantitative estimate of drug-likeness (QED) is 0.267. The molecule has 0 unspecified atom stereocenters. The van der Waals surface area contributed by atoms with Gasteiger partial charge in [-0.1, -0.05) is 60.7 Å². The predicted molar refractivity (Wildman–Crippen MR) is 138 cm³/mol. The van der Waals surface area contributed by atoms with Crippen molar-refractivity contribution in [2.75, 3.05) is 0 Å². The van der Waals surface area contributed by atoms with Crippen LogP contribution < -0.4 is 9.46 Å². The molecule has 182 valence electrons. The summed E-state index contributed by atoms with van der Waals surface area (Å²) in [4.78, 5) is 15.0. The smallest absolute Gasteiger partial charge is 0.322 e. The van der Waals surface area contributed by atoms with Crippen LogP contribution in [0.2, 0.25) is 0 Å². The van der Waals surface area contributed by atoms with E-state index in [1.807, 2.05) is 60.7 Å². The van der Waals surface area contributed by atoms with Crippen molar-refractivity contribution in [3.05, 3.63) is 108 Å². The lowest BCUT2D eigenvalue weighted by Gasteiger charge is -2.15. The molecule has 5 rings (SSSR count).